The van der Waals surface area contributed by atoms with E-state index in [2.05, 4.69) is 37.4 Å². The summed E-state index contributed by atoms with van der Waals surface area (Å²) >= 11 is 0. The second kappa shape index (κ2) is 12.0. The maximum Gasteiger partial charge on any atom is 0.245 e. The van der Waals surface area contributed by atoms with Gasteiger partial charge in [0.15, 0.2) is 0 Å². The maximum absolute atomic E-state index is 14.6. The Balaban J connectivity index is 1.33. The van der Waals surface area contributed by atoms with Crippen LogP contribution >= 0.6 is 0 Å². The molecule has 9 heteroatoms. The largest absolute Gasteiger partial charge is 0.361 e. The number of halogens is 1. The quantitative estimate of drug-likeness (QED) is 0.478. The van der Waals surface area contributed by atoms with Crippen molar-refractivity contribution in [2.24, 2.45) is 5.92 Å². The molecule has 0 unspecified atom stereocenters. The van der Waals surface area contributed by atoms with Gasteiger partial charge < -0.3 is 25.4 Å². The number of carbonyl (C=O) groups excluding carboxylic acids is 2. The molecule has 8 nitrogen and oxygen atoms in total. The Bertz CT molecular complexity index is 1240. The number of likely N-dealkylation sites (N-methyl/N-ethyl adjacent to an activating group) is 1. The summed E-state index contributed by atoms with van der Waals surface area (Å²) in [7, 11) is 3.97. The summed E-state index contributed by atoms with van der Waals surface area (Å²) in [5.74, 6) is 0.0278. The lowest BCUT2D eigenvalue weighted by Gasteiger charge is -2.38. The molecule has 2 amide bonds. The van der Waals surface area contributed by atoms with Crippen molar-refractivity contribution < 1.29 is 14.0 Å². The first-order valence-corrected chi connectivity index (χ1v) is 15.8. The molecule has 2 aromatic rings. The van der Waals surface area contributed by atoms with Crippen LogP contribution in [-0.4, -0.2) is 102 Å². The summed E-state index contributed by atoms with van der Waals surface area (Å²) in [4.78, 5) is 38.2. The van der Waals surface area contributed by atoms with Crippen LogP contribution in [0.25, 0.3) is 10.9 Å². The fraction of sp³-hybridized carbons (Fsp3) is 0.688. The molecule has 1 aliphatic carbocycles. The fourth-order valence-corrected chi connectivity index (χ4v) is 8.27. The SMILES string of the molecule is CN[C@@H](C)C(=O)N[C@H](C(=O)N1CC[C@@H]2[C@H]1[C@@H](c1c[nH]c3cc(F)ccc13)CN2C1CCN(C)CC1)C1CCCCC1. The second-order valence-electron chi connectivity index (χ2n) is 13.0. The molecule has 4 heterocycles. The molecule has 6 rings (SSSR count). The highest BCUT2D eigenvalue weighted by Gasteiger charge is 2.54. The molecule has 0 bridgehead atoms. The molecule has 0 spiro atoms. The van der Waals surface area contributed by atoms with E-state index in [0.717, 1.165) is 75.5 Å². The third-order valence-corrected chi connectivity index (χ3v) is 10.7. The van der Waals surface area contributed by atoms with E-state index in [0.29, 0.717) is 18.6 Å². The number of hydrogen-bond donors (Lipinski definition) is 3. The molecule has 224 valence electrons. The number of nitrogens with zero attached hydrogens (tertiary/aromatic N) is 3. The topological polar surface area (TPSA) is 83.7 Å². The molecule has 0 radical (unpaired) electrons. The monoisotopic (exact) mass is 566 g/mol. The Labute approximate surface area is 243 Å². The van der Waals surface area contributed by atoms with Crippen LogP contribution < -0.4 is 10.6 Å². The number of aromatic nitrogens is 1. The standard InChI is InChI=1S/C32H47FN6O2/c1-20(34-2)31(40)36-29(21-7-5-4-6-8-21)32(41)38-16-13-28-30(38)26(19-39(28)23-11-14-37(3)15-12-23)25-18-35-27-17-22(33)9-10-24(25)27/h9-10,17-18,20-21,23,26,28-30,34-35H,4-8,11-16,19H2,1-3H3,(H,36,40)/t20-,26+,28+,29-,30+/m0/s1. The van der Waals surface area contributed by atoms with Gasteiger partial charge >= 0.3 is 0 Å². The second-order valence-corrected chi connectivity index (χ2v) is 13.0. The summed E-state index contributed by atoms with van der Waals surface area (Å²) in [6.07, 6.45) is 10.6. The number of likely N-dealkylation sites (tertiary alicyclic amines) is 3. The van der Waals surface area contributed by atoms with Gasteiger partial charge in [0.05, 0.1) is 12.1 Å². The van der Waals surface area contributed by atoms with E-state index in [9.17, 15) is 14.0 Å². The Morgan fingerprint density at radius 1 is 1.05 bits per heavy atom. The van der Waals surface area contributed by atoms with Gasteiger partial charge in [-0.15, -0.1) is 0 Å². The van der Waals surface area contributed by atoms with Crippen LogP contribution in [0.1, 0.15) is 69.8 Å². The Kier molecular flexibility index (Phi) is 8.39. The average molecular weight is 567 g/mol. The van der Waals surface area contributed by atoms with Crippen LogP contribution in [0.5, 0.6) is 0 Å². The minimum Gasteiger partial charge on any atom is -0.361 e. The van der Waals surface area contributed by atoms with Gasteiger partial charge in [0.25, 0.3) is 0 Å². The normalized spacial score (nSPS) is 28.2. The predicted molar refractivity (Wildman–Crippen MR) is 159 cm³/mol. The van der Waals surface area contributed by atoms with Gasteiger partial charge in [-0.2, -0.15) is 0 Å². The van der Waals surface area contributed by atoms with E-state index in [4.69, 9.17) is 0 Å². The number of piperidine rings is 1. The van der Waals surface area contributed by atoms with Gasteiger partial charge in [-0.3, -0.25) is 14.5 Å². The van der Waals surface area contributed by atoms with Crippen molar-refractivity contribution in [1.82, 2.24) is 30.3 Å². The fourth-order valence-electron chi connectivity index (χ4n) is 8.27. The third kappa shape index (κ3) is 5.53. The van der Waals surface area contributed by atoms with Gasteiger partial charge in [0, 0.05) is 48.2 Å². The zero-order chi connectivity index (χ0) is 28.7. The van der Waals surface area contributed by atoms with Crippen molar-refractivity contribution in [3.05, 3.63) is 35.8 Å². The van der Waals surface area contributed by atoms with E-state index in [-0.39, 0.29) is 41.6 Å². The van der Waals surface area contributed by atoms with Crippen LogP contribution in [0.4, 0.5) is 4.39 Å². The number of rotatable bonds is 7. The molecule has 3 N–H and O–H groups in total. The Morgan fingerprint density at radius 3 is 2.54 bits per heavy atom. The van der Waals surface area contributed by atoms with Gasteiger partial charge in [-0.05, 0) is 95.9 Å². The number of nitrogens with one attached hydrogen (secondary N) is 3. The number of carbonyl (C=O) groups is 2. The molecule has 5 atom stereocenters. The van der Waals surface area contributed by atoms with Crippen molar-refractivity contribution in [1.29, 1.82) is 0 Å². The highest BCUT2D eigenvalue weighted by molar-refractivity contribution is 5.90. The van der Waals surface area contributed by atoms with Crippen LogP contribution in [-0.2, 0) is 9.59 Å². The molecule has 1 aromatic carbocycles. The molecule has 1 saturated carbocycles. The van der Waals surface area contributed by atoms with Gasteiger partial charge in [0.1, 0.15) is 11.9 Å². The molecule has 4 aliphatic rings. The molecular weight excluding hydrogens is 519 g/mol. The average Bonchev–Trinajstić information content (AvgIpc) is 3.70. The molecule has 41 heavy (non-hydrogen) atoms. The summed E-state index contributed by atoms with van der Waals surface area (Å²) < 4.78 is 14.1. The smallest absolute Gasteiger partial charge is 0.245 e. The van der Waals surface area contributed by atoms with Crippen molar-refractivity contribution >= 4 is 22.7 Å². The highest BCUT2D eigenvalue weighted by atomic mass is 19.1. The predicted octanol–water partition coefficient (Wildman–Crippen LogP) is 3.44. The van der Waals surface area contributed by atoms with Crippen LogP contribution in [0.2, 0.25) is 0 Å². The Morgan fingerprint density at radius 2 is 1.80 bits per heavy atom. The Hall–Kier alpha value is -2.49. The third-order valence-electron chi connectivity index (χ3n) is 10.7. The van der Waals surface area contributed by atoms with Gasteiger partial charge in [-0.1, -0.05) is 19.3 Å². The first-order valence-electron chi connectivity index (χ1n) is 15.8. The number of H-pyrrole nitrogens is 1. The van der Waals surface area contributed by atoms with E-state index in [1.54, 1.807) is 13.1 Å². The first kappa shape index (κ1) is 28.6. The molecule has 3 aliphatic heterocycles. The minimum atomic E-state index is -0.493. The molecule has 4 fully saturated rings. The van der Waals surface area contributed by atoms with E-state index in [1.165, 1.54) is 18.1 Å². The lowest BCUT2D eigenvalue weighted by molar-refractivity contribution is -0.139. The summed E-state index contributed by atoms with van der Waals surface area (Å²) in [5, 5.41) is 7.27. The lowest BCUT2D eigenvalue weighted by Crippen LogP contribution is -2.57. The van der Waals surface area contributed by atoms with Crippen LogP contribution in [0.15, 0.2) is 24.4 Å². The highest BCUT2D eigenvalue weighted by Crippen LogP contribution is 2.45. The van der Waals surface area contributed by atoms with Crippen molar-refractivity contribution in [3.63, 3.8) is 0 Å². The number of hydrogen-bond acceptors (Lipinski definition) is 5. The molecular formula is C32H47FN6O2. The number of benzene rings is 1. The van der Waals surface area contributed by atoms with Crippen molar-refractivity contribution in [3.8, 4) is 0 Å². The first-order chi connectivity index (χ1) is 19.9. The summed E-state index contributed by atoms with van der Waals surface area (Å²) in [5.41, 5.74) is 1.98. The molecule has 3 saturated heterocycles. The van der Waals surface area contributed by atoms with Gasteiger partial charge in [0.2, 0.25) is 11.8 Å². The maximum atomic E-state index is 14.6. The number of amides is 2. The number of fused-ring (bicyclic) bond motifs is 2. The molecule has 1 aromatic heterocycles. The summed E-state index contributed by atoms with van der Waals surface area (Å²) in [6.45, 7) is 5.64. The number of aromatic amines is 1. The van der Waals surface area contributed by atoms with E-state index >= 15 is 0 Å². The van der Waals surface area contributed by atoms with Crippen LogP contribution in [0.3, 0.4) is 0 Å². The summed E-state index contributed by atoms with van der Waals surface area (Å²) in [6, 6.07) is 4.97. The van der Waals surface area contributed by atoms with Crippen LogP contribution in [0, 0.1) is 11.7 Å². The zero-order valence-corrected chi connectivity index (χ0v) is 24.9. The van der Waals surface area contributed by atoms with E-state index in [1.807, 2.05) is 19.2 Å². The van der Waals surface area contributed by atoms with E-state index < -0.39 is 6.04 Å². The minimum absolute atomic E-state index is 0.0379. The lowest BCUT2D eigenvalue weighted by atomic mass is 9.82. The van der Waals surface area contributed by atoms with Gasteiger partial charge in [-0.25, -0.2) is 4.39 Å². The van der Waals surface area contributed by atoms with Crippen molar-refractivity contribution in [2.75, 3.05) is 40.3 Å². The van der Waals surface area contributed by atoms with Crippen molar-refractivity contribution in [2.45, 2.75) is 94.4 Å². The zero-order valence-electron chi connectivity index (χ0n) is 24.9.